The van der Waals surface area contributed by atoms with Crippen LogP contribution in [0.4, 0.5) is 5.82 Å². The van der Waals surface area contributed by atoms with Gasteiger partial charge in [-0.3, -0.25) is 0 Å². The van der Waals surface area contributed by atoms with Gasteiger partial charge < -0.3 is 14.9 Å². The van der Waals surface area contributed by atoms with E-state index in [1.165, 1.54) is 0 Å². The Kier molecular flexibility index (Phi) is 1.97. The van der Waals surface area contributed by atoms with Crippen LogP contribution in [0, 0.1) is 10.1 Å². The number of aromatic nitrogens is 2. The Hall–Kier alpha value is -1.14. The van der Waals surface area contributed by atoms with E-state index in [9.17, 15) is 10.1 Å². The molecule has 0 saturated carbocycles. The van der Waals surface area contributed by atoms with E-state index in [4.69, 9.17) is 16.3 Å². The van der Waals surface area contributed by atoms with Gasteiger partial charge in [0.1, 0.15) is 17.2 Å². The van der Waals surface area contributed by atoms with Gasteiger partial charge in [-0.05, 0) is 11.8 Å². The zero-order valence-electron chi connectivity index (χ0n) is 7.36. The highest BCUT2D eigenvalue weighted by Gasteiger charge is 2.49. The first kappa shape index (κ1) is 9.42. The summed E-state index contributed by atoms with van der Waals surface area (Å²) in [6.45, 7) is 2.38. The summed E-state index contributed by atoms with van der Waals surface area (Å²) in [7, 11) is 0. The number of epoxide rings is 1. The number of aromatic amines is 1. The number of imidazole rings is 1. The minimum absolute atomic E-state index is 0.157. The summed E-state index contributed by atoms with van der Waals surface area (Å²) in [5, 5.41) is 9.89. The number of alkyl halides is 1. The number of nitro groups is 1. The lowest BCUT2D eigenvalue weighted by atomic mass is 10.1. The standard InChI is InChI=1S/C7H8ClN3O3/c1-7(3-14-7)5(8)6-9-2-4(10-6)11(12)13/h2,5H,3H2,1H3,(H,9,10)/t5-,7-/m0/s1. The predicted molar refractivity (Wildman–Crippen MR) is 48.2 cm³/mol. The van der Waals surface area contributed by atoms with Gasteiger partial charge in [0, 0.05) is 0 Å². The molecule has 0 aliphatic carbocycles. The van der Waals surface area contributed by atoms with Crippen LogP contribution in [-0.2, 0) is 4.74 Å². The van der Waals surface area contributed by atoms with Gasteiger partial charge >= 0.3 is 5.82 Å². The Balaban J connectivity index is 2.20. The largest absolute Gasteiger partial charge is 0.368 e. The smallest absolute Gasteiger partial charge is 0.340 e. The van der Waals surface area contributed by atoms with E-state index in [2.05, 4.69) is 9.97 Å². The van der Waals surface area contributed by atoms with Crippen molar-refractivity contribution in [3.05, 3.63) is 22.1 Å². The summed E-state index contributed by atoms with van der Waals surface area (Å²) in [6, 6.07) is 0. The maximum Gasteiger partial charge on any atom is 0.340 e. The lowest BCUT2D eigenvalue weighted by Crippen LogP contribution is -2.14. The van der Waals surface area contributed by atoms with Crippen LogP contribution >= 0.6 is 11.6 Å². The lowest BCUT2D eigenvalue weighted by molar-refractivity contribution is -0.389. The fourth-order valence-electron chi connectivity index (χ4n) is 1.10. The first-order chi connectivity index (χ1) is 6.53. The van der Waals surface area contributed by atoms with E-state index in [1.54, 1.807) is 0 Å². The van der Waals surface area contributed by atoms with E-state index in [-0.39, 0.29) is 5.82 Å². The molecule has 1 N–H and O–H groups in total. The fourth-order valence-corrected chi connectivity index (χ4v) is 1.33. The van der Waals surface area contributed by atoms with Crippen molar-refractivity contribution in [2.24, 2.45) is 0 Å². The molecule has 7 heteroatoms. The molecule has 2 heterocycles. The molecule has 1 aromatic heterocycles. The SMILES string of the molecule is C[C@@]1([C@@H](Cl)c2ncc([N+](=O)[O-])[nH]2)CO1. The zero-order chi connectivity index (χ0) is 10.3. The summed E-state index contributed by atoms with van der Waals surface area (Å²) in [5.74, 6) is 0.216. The van der Waals surface area contributed by atoms with Gasteiger partial charge in [-0.2, -0.15) is 0 Å². The van der Waals surface area contributed by atoms with Crippen molar-refractivity contribution in [3.63, 3.8) is 0 Å². The van der Waals surface area contributed by atoms with Gasteiger partial charge in [0.15, 0.2) is 0 Å². The molecule has 0 bridgehead atoms. The highest BCUT2D eigenvalue weighted by atomic mass is 35.5. The first-order valence-electron chi connectivity index (χ1n) is 4.00. The normalized spacial score (nSPS) is 27.3. The van der Waals surface area contributed by atoms with Crippen LogP contribution in [0.25, 0.3) is 0 Å². The Morgan fingerprint density at radius 2 is 2.57 bits per heavy atom. The molecule has 0 amide bonds. The monoisotopic (exact) mass is 217 g/mol. The van der Waals surface area contributed by atoms with Gasteiger partial charge in [-0.15, -0.1) is 11.6 Å². The Morgan fingerprint density at radius 1 is 1.93 bits per heavy atom. The molecular formula is C7H8ClN3O3. The van der Waals surface area contributed by atoms with Crippen molar-refractivity contribution in [2.45, 2.75) is 17.9 Å². The van der Waals surface area contributed by atoms with Crippen LogP contribution in [0.5, 0.6) is 0 Å². The summed E-state index contributed by atoms with van der Waals surface area (Å²) >= 11 is 6.02. The van der Waals surface area contributed by atoms with Gasteiger partial charge in [-0.1, -0.05) is 0 Å². The maximum atomic E-state index is 10.4. The number of nitrogens with zero attached hydrogens (tertiary/aromatic N) is 2. The lowest BCUT2D eigenvalue weighted by Gasteiger charge is -2.07. The first-order valence-corrected chi connectivity index (χ1v) is 4.44. The van der Waals surface area contributed by atoms with Crippen molar-refractivity contribution in [1.82, 2.24) is 9.97 Å². The van der Waals surface area contributed by atoms with Crippen LogP contribution in [0.2, 0.25) is 0 Å². The number of halogens is 1. The van der Waals surface area contributed by atoms with Crippen LogP contribution in [0.15, 0.2) is 6.20 Å². The predicted octanol–water partition coefficient (Wildman–Crippen LogP) is 1.39. The average Bonchev–Trinajstić information content (AvgIpc) is 2.69. The molecule has 0 radical (unpaired) electrons. The third-order valence-corrected chi connectivity index (χ3v) is 2.82. The van der Waals surface area contributed by atoms with E-state index >= 15 is 0 Å². The molecule has 0 aromatic carbocycles. The number of hydrogen-bond acceptors (Lipinski definition) is 4. The molecule has 6 nitrogen and oxygen atoms in total. The molecule has 1 aliphatic rings. The third kappa shape index (κ3) is 1.46. The molecule has 14 heavy (non-hydrogen) atoms. The minimum Gasteiger partial charge on any atom is -0.368 e. The number of nitrogens with one attached hydrogen (secondary N) is 1. The highest BCUT2D eigenvalue weighted by Crippen LogP contribution is 2.43. The third-order valence-electron chi connectivity index (χ3n) is 2.15. The summed E-state index contributed by atoms with van der Waals surface area (Å²) in [6.07, 6.45) is 1.15. The molecular weight excluding hydrogens is 210 g/mol. The van der Waals surface area contributed by atoms with Crippen LogP contribution in [0.1, 0.15) is 18.1 Å². The van der Waals surface area contributed by atoms with Crippen molar-refractivity contribution in [1.29, 1.82) is 0 Å². The van der Waals surface area contributed by atoms with Crippen molar-refractivity contribution in [2.75, 3.05) is 6.61 Å². The summed E-state index contributed by atoms with van der Waals surface area (Å²) in [5.41, 5.74) is -0.437. The fraction of sp³-hybridized carbons (Fsp3) is 0.571. The average molecular weight is 218 g/mol. The molecule has 0 spiro atoms. The quantitative estimate of drug-likeness (QED) is 0.359. The molecule has 1 fully saturated rings. The van der Waals surface area contributed by atoms with Gasteiger partial charge in [0.05, 0.1) is 6.61 Å². The second-order valence-electron chi connectivity index (χ2n) is 3.37. The van der Waals surface area contributed by atoms with Crippen molar-refractivity contribution >= 4 is 17.4 Å². The van der Waals surface area contributed by atoms with Crippen molar-refractivity contribution < 1.29 is 9.66 Å². The minimum atomic E-state index is -0.545. The van der Waals surface area contributed by atoms with E-state index < -0.39 is 15.9 Å². The topological polar surface area (TPSA) is 84.3 Å². The number of hydrogen-bond donors (Lipinski definition) is 1. The summed E-state index contributed by atoms with van der Waals surface area (Å²) in [4.78, 5) is 16.2. The number of H-pyrrole nitrogens is 1. The Morgan fingerprint density at radius 3 is 3.00 bits per heavy atom. The Bertz CT molecular complexity index is 374. The second-order valence-corrected chi connectivity index (χ2v) is 3.81. The van der Waals surface area contributed by atoms with Crippen LogP contribution < -0.4 is 0 Å². The Labute approximate surface area is 84.4 Å². The molecule has 1 aliphatic heterocycles. The van der Waals surface area contributed by atoms with E-state index in [1.807, 2.05) is 6.92 Å². The highest BCUT2D eigenvalue weighted by molar-refractivity contribution is 6.21. The molecule has 1 aromatic rings. The van der Waals surface area contributed by atoms with Crippen molar-refractivity contribution in [3.8, 4) is 0 Å². The zero-order valence-corrected chi connectivity index (χ0v) is 8.11. The number of ether oxygens (including phenoxy) is 1. The summed E-state index contributed by atoms with van der Waals surface area (Å²) < 4.78 is 5.12. The molecule has 2 atom stereocenters. The second kappa shape index (κ2) is 2.93. The van der Waals surface area contributed by atoms with Gasteiger partial charge in [0.25, 0.3) is 0 Å². The molecule has 2 rings (SSSR count). The van der Waals surface area contributed by atoms with Gasteiger partial charge in [-0.25, -0.2) is 9.97 Å². The van der Waals surface area contributed by atoms with Crippen LogP contribution in [-0.4, -0.2) is 27.1 Å². The van der Waals surface area contributed by atoms with Gasteiger partial charge in [0.2, 0.25) is 5.82 Å². The molecule has 0 unspecified atom stereocenters. The van der Waals surface area contributed by atoms with Crippen LogP contribution in [0.3, 0.4) is 0 Å². The number of rotatable bonds is 3. The molecule has 76 valence electrons. The maximum absolute atomic E-state index is 10.4. The van der Waals surface area contributed by atoms with E-state index in [0.717, 1.165) is 6.20 Å². The van der Waals surface area contributed by atoms with E-state index in [0.29, 0.717) is 12.4 Å². The molecule has 1 saturated heterocycles.